The van der Waals surface area contributed by atoms with Crippen LogP contribution < -0.4 is 11.1 Å². The second-order valence-corrected chi connectivity index (χ2v) is 8.00. The van der Waals surface area contributed by atoms with Crippen molar-refractivity contribution in [2.45, 2.75) is 37.0 Å². The summed E-state index contributed by atoms with van der Waals surface area (Å²) in [6.45, 7) is 5.19. The van der Waals surface area contributed by atoms with Crippen molar-refractivity contribution >= 4 is 45.9 Å². The lowest BCUT2D eigenvalue weighted by Gasteiger charge is -2.16. The molecule has 2 amide bonds. The number of thiophene rings is 1. The van der Waals surface area contributed by atoms with Gasteiger partial charge in [0, 0.05) is 4.90 Å². The summed E-state index contributed by atoms with van der Waals surface area (Å²) >= 11 is 2.53. The van der Waals surface area contributed by atoms with Gasteiger partial charge in [0.15, 0.2) is 6.10 Å². The van der Waals surface area contributed by atoms with Crippen LogP contribution in [0.3, 0.4) is 0 Å². The number of rotatable bonds is 7. The van der Waals surface area contributed by atoms with Crippen molar-refractivity contribution in [2.75, 3.05) is 5.32 Å². The Morgan fingerprint density at radius 1 is 1.15 bits per heavy atom. The van der Waals surface area contributed by atoms with Gasteiger partial charge in [-0.15, -0.1) is 23.1 Å². The zero-order chi connectivity index (χ0) is 19.3. The van der Waals surface area contributed by atoms with Crippen molar-refractivity contribution in [1.29, 1.82) is 0 Å². The first-order valence-corrected chi connectivity index (χ1v) is 9.66. The van der Waals surface area contributed by atoms with E-state index in [1.54, 1.807) is 12.3 Å². The van der Waals surface area contributed by atoms with Gasteiger partial charge in [0.25, 0.3) is 11.8 Å². The van der Waals surface area contributed by atoms with Gasteiger partial charge in [-0.1, -0.05) is 17.7 Å². The molecule has 8 heteroatoms. The minimum absolute atomic E-state index is 0.227. The summed E-state index contributed by atoms with van der Waals surface area (Å²) < 4.78 is 5.24. The molecule has 6 nitrogen and oxygen atoms in total. The maximum atomic E-state index is 12.2. The third-order valence-electron chi connectivity index (χ3n) is 3.50. The van der Waals surface area contributed by atoms with E-state index in [2.05, 4.69) is 5.32 Å². The van der Waals surface area contributed by atoms with Crippen molar-refractivity contribution in [3.63, 3.8) is 0 Å². The molecular formula is C18H20N2O4S2. The van der Waals surface area contributed by atoms with Crippen molar-refractivity contribution in [1.82, 2.24) is 0 Å². The number of nitrogens with two attached hydrogens (primary N) is 1. The van der Waals surface area contributed by atoms with E-state index >= 15 is 0 Å². The minimum Gasteiger partial charge on any atom is -0.452 e. The number of hydrogen-bond acceptors (Lipinski definition) is 6. The molecular weight excluding hydrogens is 372 g/mol. The van der Waals surface area contributed by atoms with E-state index in [0.29, 0.717) is 5.00 Å². The number of carbonyl (C=O) groups excluding carboxylic acids is 3. The molecule has 0 radical (unpaired) electrons. The average molecular weight is 393 g/mol. The first kappa shape index (κ1) is 20.0. The molecule has 2 atom stereocenters. The molecule has 0 saturated heterocycles. The summed E-state index contributed by atoms with van der Waals surface area (Å²) in [5, 5.41) is 4.09. The monoisotopic (exact) mass is 392 g/mol. The second kappa shape index (κ2) is 8.86. The molecule has 2 aromatic rings. The summed E-state index contributed by atoms with van der Waals surface area (Å²) in [4.78, 5) is 36.6. The van der Waals surface area contributed by atoms with Gasteiger partial charge in [0.2, 0.25) is 0 Å². The smallest absolute Gasteiger partial charge is 0.319 e. The highest BCUT2D eigenvalue weighted by Crippen LogP contribution is 2.25. The number of ether oxygens (including phenoxy) is 1. The standard InChI is InChI=1S/C18H20N2O4S2/c1-10-4-6-13(7-5-10)26-12(3)18(23)24-11(2)16(22)20-17-14(15(19)21)8-9-25-17/h4-9,11-12H,1-3H3,(H2,19,21)(H,20,22)/t11-,12-/m1/s1. The highest BCUT2D eigenvalue weighted by Gasteiger charge is 2.24. The maximum Gasteiger partial charge on any atom is 0.319 e. The molecule has 138 valence electrons. The number of thioether (sulfide) groups is 1. The summed E-state index contributed by atoms with van der Waals surface area (Å²) in [6, 6.07) is 9.32. The van der Waals surface area contributed by atoms with Crippen LogP contribution in [0.5, 0.6) is 0 Å². The second-order valence-electron chi connectivity index (χ2n) is 5.67. The molecule has 0 fully saturated rings. The Morgan fingerprint density at radius 2 is 1.81 bits per heavy atom. The van der Waals surface area contributed by atoms with Crippen LogP contribution in [-0.2, 0) is 14.3 Å². The van der Waals surface area contributed by atoms with Crippen LogP contribution >= 0.6 is 23.1 Å². The van der Waals surface area contributed by atoms with Crippen LogP contribution in [0.2, 0.25) is 0 Å². The van der Waals surface area contributed by atoms with Gasteiger partial charge >= 0.3 is 5.97 Å². The molecule has 26 heavy (non-hydrogen) atoms. The van der Waals surface area contributed by atoms with Crippen LogP contribution in [0.25, 0.3) is 0 Å². The number of nitrogens with one attached hydrogen (secondary N) is 1. The van der Waals surface area contributed by atoms with E-state index in [0.717, 1.165) is 10.5 Å². The zero-order valence-electron chi connectivity index (χ0n) is 14.6. The van der Waals surface area contributed by atoms with Crippen molar-refractivity contribution in [3.05, 3.63) is 46.8 Å². The third-order valence-corrected chi connectivity index (χ3v) is 5.42. The van der Waals surface area contributed by atoms with E-state index in [-0.39, 0.29) is 5.56 Å². The largest absolute Gasteiger partial charge is 0.452 e. The molecule has 1 aromatic heterocycles. The molecule has 3 N–H and O–H groups in total. The molecule has 0 saturated carbocycles. The predicted molar refractivity (Wildman–Crippen MR) is 104 cm³/mol. The van der Waals surface area contributed by atoms with Crippen LogP contribution in [0, 0.1) is 6.92 Å². The predicted octanol–water partition coefficient (Wildman–Crippen LogP) is 3.21. The number of benzene rings is 1. The minimum atomic E-state index is -0.994. The molecule has 2 rings (SSSR count). The molecule has 0 bridgehead atoms. The van der Waals surface area contributed by atoms with Gasteiger partial charge < -0.3 is 15.8 Å². The van der Waals surface area contributed by atoms with Crippen LogP contribution in [0.4, 0.5) is 5.00 Å². The summed E-state index contributed by atoms with van der Waals surface area (Å²) in [7, 11) is 0. The number of amides is 2. The highest BCUT2D eigenvalue weighted by atomic mass is 32.2. The molecule has 0 aliphatic rings. The zero-order valence-corrected chi connectivity index (χ0v) is 16.3. The topological polar surface area (TPSA) is 98.5 Å². The number of aryl methyl sites for hydroxylation is 1. The van der Waals surface area contributed by atoms with Crippen molar-refractivity contribution in [2.24, 2.45) is 5.73 Å². The number of anilines is 1. The summed E-state index contributed by atoms with van der Waals surface area (Å²) in [5.74, 6) is -1.63. The summed E-state index contributed by atoms with van der Waals surface area (Å²) in [6.07, 6.45) is -0.994. The number of hydrogen-bond donors (Lipinski definition) is 2. The molecule has 0 aliphatic heterocycles. The number of carbonyl (C=O) groups is 3. The highest BCUT2D eigenvalue weighted by molar-refractivity contribution is 8.00. The molecule has 0 aliphatic carbocycles. The Bertz CT molecular complexity index is 802. The van der Waals surface area contributed by atoms with Gasteiger partial charge in [-0.2, -0.15) is 0 Å². The van der Waals surface area contributed by atoms with Crippen LogP contribution in [0.15, 0.2) is 40.6 Å². The van der Waals surface area contributed by atoms with E-state index in [1.807, 2.05) is 31.2 Å². The Labute approximate surface area is 160 Å². The fourth-order valence-electron chi connectivity index (χ4n) is 2.01. The lowest BCUT2D eigenvalue weighted by Crippen LogP contribution is -2.32. The maximum absolute atomic E-state index is 12.2. The van der Waals surface area contributed by atoms with Gasteiger partial charge in [0.05, 0.1) is 5.56 Å². The third kappa shape index (κ3) is 5.34. The fraction of sp³-hybridized carbons (Fsp3) is 0.278. The SMILES string of the molecule is Cc1ccc(S[C@H](C)C(=O)O[C@H](C)C(=O)Nc2sccc2C(N)=O)cc1. The van der Waals surface area contributed by atoms with Crippen LogP contribution in [0.1, 0.15) is 29.8 Å². The molecule has 0 spiro atoms. The van der Waals surface area contributed by atoms with E-state index in [4.69, 9.17) is 10.5 Å². The fourth-order valence-corrected chi connectivity index (χ4v) is 3.65. The number of primary amides is 1. The summed E-state index contributed by atoms with van der Waals surface area (Å²) in [5.41, 5.74) is 6.61. The van der Waals surface area contributed by atoms with Crippen molar-refractivity contribution < 1.29 is 19.1 Å². The lowest BCUT2D eigenvalue weighted by atomic mass is 10.2. The first-order valence-electron chi connectivity index (χ1n) is 7.90. The van der Waals surface area contributed by atoms with E-state index in [1.165, 1.54) is 36.1 Å². The Balaban J connectivity index is 1.90. The van der Waals surface area contributed by atoms with Crippen LogP contribution in [-0.4, -0.2) is 29.1 Å². The molecule has 1 aromatic carbocycles. The quantitative estimate of drug-likeness (QED) is 0.557. The lowest BCUT2D eigenvalue weighted by molar-refractivity contribution is -0.152. The van der Waals surface area contributed by atoms with Gasteiger partial charge in [-0.25, -0.2) is 0 Å². The van der Waals surface area contributed by atoms with Gasteiger partial charge in [-0.3, -0.25) is 14.4 Å². The Hall–Kier alpha value is -2.32. The molecule has 1 heterocycles. The Kier molecular flexibility index (Phi) is 6.82. The van der Waals surface area contributed by atoms with E-state index in [9.17, 15) is 14.4 Å². The number of esters is 1. The first-order chi connectivity index (χ1) is 12.3. The normalized spacial score (nSPS) is 12.9. The Morgan fingerprint density at radius 3 is 2.42 bits per heavy atom. The van der Waals surface area contributed by atoms with Gasteiger partial charge in [-0.05, 0) is 44.4 Å². The van der Waals surface area contributed by atoms with Crippen molar-refractivity contribution in [3.8, 4) is 0 Å². The molecule has 0 unspecified atom stereocenters. The average Bonchev–Trinajstić information content (AvgIpc) is 3.05. The van der Waals surface area contributed by atoms with E-state index < -0.39 is 29.1 Å². The van der Waals surface area contributed by atoms with Gasteiger partial charge in [0.1, 0.15) is 10.3 Å².